The molecule has 0 saturated heterocycles. The summed E-state index contributed by atoms with van der Waals surface area (Å²) >= 11 is 0. The van der Waals surface area contributed by atoms with E-state index in [-0.39, 0.29) is 23.1 Å². The Morgan fingerprint density at radius 1 is 1.00 bits per heavy atom. The van der Waals surface area contributed by atoms with Crippen molar-refractivity contribution in [2.24, 2.45) is 11.8 Å². The topological polar surface area (TPSA) is 88.1 Å². The van der Waals surface area contributed by atoms with Crippen LogP contribution in [0.4, 0.5) is 4.79 Å². The van der Waals surface area contributed by atoms with Crippen molar-refractivity contribution in [3.05, 3.63) is 29.8 Å². The number of methoxy groups -OCH3 is 1. The minimum Gasteiger partial charge on any atom is -0.465 e. The molecule has 0 aliphatic heterocycles. The lowest BCUT2D eigenvalue weighted by Crippen LogP contribution is -2.32. The summed E-state index contributed by atoms with van der Waals surface area (Å²) in [6, 6.07) is 5.88. The maximum atomic E-state index is 11.9. The Morgan fingerprint density at radius 2 is 1.67 bits per heavy atom. The van der Waals surface area contributed by atoms with Crippen LogP contribution in [0.25, 0.3) is 0 Å². The Labute approximate surface area is 140 Å². The van der Waals surface area contributed by atoms with Crippen molar-refractivity contribution >= 4 is 18.1 Å². The van der Waals surface area contributed by atoms with Gasteiger partial charge >= 0.3 is 18.1 Å². The van der Waals surface area contributed by atoms with E-state index in [1.165, 1.54) is 31.4 Å². The second-order valence-electron chi connectivity index (χ2n) is 5.69. The quantitative estimate of drug-likeness (QED) is 0.447. The third-order valence-corrected chi connectivity index (χ3v) is 2.92. The molecule has 0 spiro atoms. The zero-order chi connectivity index (χ0) is 18.3. The van der Waals surface area contributed by atoms with Crippen LogP contribution >= 0.6 is 0 Å². The highest BCUT2D eigenvalue weighted by Gasteiger charge is 2.25. The number of ether oxygens (including phenoxy) is 4. The standard InChI is InChI=1S/C17H22O7/c1-10(2)14(18)23-16(11(3)4)24-17(20)22-13-8-6-7-12(9-13)15(19)21-5/h6-11,16H,1-5H3/t16-/m0/s1. The third-order valence-electron chi connectivity index (χ3n) is 2.92. The molecular formula is C17H22O7. The molecule has 24 heavy (non-hydrogen) atoms. The summed E-state index contributed by atoms with van der Waals surface area (Å²) in [6.45, 7) is 6.83. The summed E-state index contributed by atoms with van der Waals surface area (Å²) in [5, 5.41) is 0. The van der Waals surface area contributed by atoms with Crippen LogP contribution in [0.2, 0.25) is 0 Å². The fourth-order valence-corrected chi connectivity index (χ4v) is 1.57. The van der Waals surface area contributed by atoms with E-state index in [0.29, 0.717) is 0 Å². The van der Waals surface area contributed by atoms with Gasteiger partial charge in [-0.1, -0.05) is 33.8 Å². The third kappa shape index (κ3) is 5.91. The molecule has 0 aliphatic rings. The fraction of sp³-hybridized carbons (Fsp3) is 0.471. The van der Waals surface area contributed by atoms with Crippen LogP contribution in [0.15, 0.2) is 24.3 Å². The van der Waals surface area contributed by atoms with Gasteiger partial charge in [0.05, 0.1) is 18.6 Å². The van der Waals surface area contributed by atoms with E-state index in [4.69, 9.17) is 14.2 Å². The van der Waals surface area contributed by atoms with E-state index in [2.05, 4.69) is 4.74 Å². The number of hydrogen-bond donors (Lipinski definition) is 0. The molecule has 1 aromatic carbocycles. The smallest absolute Gasteiger partial charge is 0.465 e. The molecule has 0 amide bonds. The number of carbonyl (C=O) groups excluding carboxylic acids is 3. The molecular weight excluding hydrogens is 316 g/mol. The van der Waals surface area contributed by atoms with Crippen LogP contribution in [0.5, 0.6) is 5.75 Å². The molecule has 0 fully saturated rings. The van der Waals surface area contributed by atoms with Gasteiger partial charge < -0.3 is 18.9 Å². The number of carbonyl (C=O) groups is 3. The van der Waals surface area contributed by atoms with Crippen molar-refractivity contribution in [3.8, 4) is 5.75 Å². The highest BCUT2D eigenvalue weighted by atomic mass is 16.8. The molecule has 1 rings (SSSR count). The summed E-state index contributed by atoms with van der Waals surface area (Å²) in [5.74, 6) is -1.52. The predicted octanol–water partition coefficient (Wildman–Crippen LogP) is 3.17. The molecule has 1 atom stereocenters. The molecule has 7 heteroatoms. The molecule has 7 nitrogen and oxygen atoms in total. The van der Waals surface area contributed by atoms with E-state index in [9.17, 15) is 14.4 Å². The van der Waals surface area contributed by atoms with Crippen LogP contribution in [-0.4, -0.2) is 31.5 Å². The Hall–Kier alpha value is -2.57. The number of esters is 2. The summed E-state index contributed by atoms with van der Waals surface area (Å²) in [6.07, 6.45) is -2.09. The number of rotatable bonds is 6. The molecule has 0 aromatic heterocycles. The van der Waals surface area contributed by atoms with E-state index in [1.54, 1.807) is 27.7 Å². The predicted molar refractivity (Wildman–Crippen MR) is 84.4 cm³/mol. The second-order valence-corrected chi connectivity index (χ2v) is 5.69. The van der Waals surface area contributed by atoms with Crippen molar-refractivity contribution in [2.45, 2.75) is 34.0 Å². The maximum Gasteiger partial charge on any atom is 0.516 e. The van der Waals surface area contributed by atoms with Gasteiger partial charge in [-0.25, -0.2) is 9.59 Å². The number of benzene rings is 1. The van der Waals surface area contributed by atoms with E-state index in [0.717, 1.165) is 0 Å². The first kappa shape index (κ1) is 19.5. The van der Waals surface area contributed by atoms with Crippen LogP contribution < -0.4 is 4.74 Å². The normalized spacial score (nSPS) is 11.8. The Bertz CT molecular complexity index is 592. The molecule has 0 bridgehead atoms. The lowest BCUT2D eigenvalue weighted by Gasteiger charge is -2.21. The average molecular weight is 338 g/mol. The van der Waals surface area contributed by atoms with Gasteiger partial charge in [-0.2, -0.15) is 0 Å². The summed E-state index contributed by atoms with van der Waals surface area (Å²) in [4.78, 5) is 35.0. The first-order valence-electron chi connectivity index (χ1n) is 7.52. The number of hydrogen-bond acceptors (Lipinski definition) is 7. The SMILES string of the molecule is COC(=O)c1cccc(OC(=O)O[C@H](OC(=O)C(C)C)C(C)C)c1. The molecule has 1 aromatic rings. The Balaban J connectivity index is 2.72. The van der Waals surface area contributed by atoms with Gasteiger partial charge in [0.2, 0.25) is 0 Å². The van der Waals surface area contributed by atoms with Crippen molar-refractivity contribution < 1.29 is 33.3 Å². The van der Waals surface area contributed by atoms with Crippen molar-refractivity contribution in [1.82, 2.24) is 0 Å². The Morgan fingerprint density at radius 3 is 2.21 bits per heavy atom. The van der Waals surface area contributed by atoms with Crippen LogP contribution in [-0.2, 0) is 19.0 Å². The van der Waals surface area contributed by atoms with Crippen LogP contribution in [0.1, 0.15) is 38.1 Å². The minimum absolute atomic E-state index is 0.112. The van der Waals surface area contributed by atoms with Gasteiger partial charge in [0.15, 0.2) is 0 Å². The summed E-state index contributed by atoms with van der Waals surface area (Å²) < 4.78 is 19.8. The molecule has 0 saturated carbocycles. The molecule has 0 N–H and O–H groups in total. The summed E-state index contributed by atoms with van der Waals surface area (Å²) in [7, 11) is 1.25. The molecule has 0 radical (unpaired) electrons. The van der Waals surface area contributed by atoms with Gasteiger partial charge in [-0.05, 0) is 18.2 Å². The van der Waals surface area contributed by atoms with Crippen molar-refractivity contribution in [1.29, 1.82) is 0 Å². The van der Waals surface area contributed by atoms with Crippen LogP contribution in [0.3, 0.4) is 0 Å². The van der Waals surface area contributed by atoms with Crippen molar-refractivity contribution in [3.63, 3.8) is 0 Å². The zero-order valence-electron chi connectivity index (χ0n) is 14.4. The van der Waals surface area contributed by atoms with Gasteiger partial charge in [-0.15, -0.1) is 0 Å². The van der Waals surface area contributed by atoms with E-state index < -0.39 is 24.4 Å². The lowest BCUT2D eigenvalue weighted by molar-refractivity contribution is -0.180. The first-order chi connectivity index (χ1) is 11.2. The molecule has 0 aliphatic carbocycles. The van der Waals surface area contributed by atoms with Gasteiger partial charge in [-0.3, -0.25) is 4.79 Å². The molecule has 132 valence electrons. The Kier molecular flexibility index (Phi) is 7.23. The van der Waals surface area contributed by atoms with Gasteiger partial charge in [0, 0.05) is 5.92 Å². The van der Waals surface area contributed by atoms with E-state index in [1.807, 2.05) is 0 Å². The van der Waals surface area contributed by atoms with Gasteiger partial charge in [0.1, 0.15) is 5.75 Å². The monoisotopic (exact) mass is 338 g/mol. The van der Waals surface area contributed by atoms with E-state index >= 15 is 0 Å². The zero-order valence-corrected chi connectivity index (χ0v) is 14.4. The minimum atomic E-state index is -1.06. The van der Waals surface area contributed by atoms with Crippen LogP contribution in [0, 0.1) is 11.8 Å². The highest BCUT2D eigenvalue weighted by Crippen LogP contribution is 2.17. The largest absolute Gasteiger partial charge is 0.516 e. The molecule has 0 heterocycles. The van der Waals surface area contributed by atoms with Crippen molar-refractivity contribution in [2.75, 3.05) is 7.11 Å². The average Bonchev–Trinajstić information content (AvgIpc) is 2.53. The fourth-order valence-electron chi connectivity index (χ4n) is 1.57. The maximum absolute atomic E-state index is 11.9. The second kappa shape index (κ2) is 8.90. The lowest BCUT2D eigenvalue weighted by atomic mass is 10.2. The summed E-state index contributed by atoms with van der Waals surface area (Å²) in [5.41, 5.74) is 0.231. The van der Waals surface area contributed by atoms with Gasteiger partial charge in [0.25, 0.3) is 6.29 Å². The molecule has 0 unspecified atom stereocenters. The first-order valence-corrected chi connectivity index (χ1v) is 7.52. The highest BCUT2D eigenvalue weighted by molar-refractivity contribution is 5.89.